The van der Waals surface area contributed by atoms with Crippen LogP contribution in [0.3, 0.4) is 0 Å². The van der Waals surface area contributed by atoms with Crippen LogP contribution in [-0.4, -0.2) is 26.4 Å². The number of fused-ring (bicyclic) bond motifs is 1. The van der Waals surface area contributed by atoms with Crippen molar-refractivity contribution in [2.75, 3.05) is 13.7 Å². The van der Waals surface area contributed by atoms with Gasteiger partial charge in [0.25, 0.3) is 10.0 Å². The zero-order valence-corrected chi connectivity index (χ0v) is 12.7. The van der Waals surface area contributed by atoms with Gasteiger partial charge in [0.15, 0.2) is 0 Å². The summed E-state index contributed by atoms with van der Waals surface area (Å²) in [5, 5.41) is 1.78. The Hall–Kier alpha value is -1.37. The summed E-state index contributed by atoms with van der Waals surface area (Å²) in [4.78, 5) is 0. The van der Waals surface area contributed by atoms with Gasteiger partial charge < -0.3 is 4.74 Å². The van der Waals surface area contributed by atoms with Crippen LogP contribution >= 0.6 is 11.3 Å². The molecule has 1 aromatic heterocycles. The molecule has 2 aromatic rings. The third kappa shape index (κ3) is 2.24. The Morgan fingerprint density at radius 2 is 2.05 bits per heavy atom. The maximum absolute atomic E-state index is 12.6. The van der Waals surface area contributed by atoms with Crippen LogP contribution in [0.4, 0.5) is 0 Å². The minimum absolute atomic E-state index is 0.174. The van der Waals surface area contributed by atoms with Gasteiger partial charge in [-0.1, -0.05) is 24.3 Å². The molecule has 1 atom stereocenters. The Morgan fingerprint density at radius 3 is 2.80 bits per heavy atom. The molecular formula is C14H15NO3S2. The summed E-state index contributed by atoms with van der Waals surface area (Å²) in [6.07, 6.45) is 0.665. The SMILES string of the molecule is CN(C1CCOc2ccccc21)S(=O)(=O)c1cccs1. The Balaban J connectivity index is 1.99. The van der Waals surface area contributed by atoms with Gasteiger partial charge in [0.2, 0.25) is 0 Å². The highest BCUT2D eigenvalue weighted by atomic mass is 32.2. The first-order valence-electron chi connectivity index (χ1n) is 6.34. The summed E-state index contributed by atoms with van der Waals surface area (Å²) < 4.78 is 32.6. The van der Waals surface area contributed by atoms with Gasteiger partial charge in [-0.3, -0.25) is 0 Å². The molecule has 4 nitrogen and oxygen atoms in total. The normalized spacial score (nSPS) is 18.6. The Kier molecular flexibility index (Phi) is 3.54. The maximum atomic E-state index is 12.6. The molecule has 0 aliphatic carbocycles. The average molecular weight is 309 g/mol. The van der Waals surface area contributed by atoms with Crippen molar-refractivity contribution in [2.24, 2.45) is 0 Å². The molecule has 0 saturated heterocycles. The molecule has 1 unspecified atom stereocenters. The first-order valence-corrected chi connectivity index (χ1v) is 8.66. The van der Waals surface area contributed by atoms with E-state index in [1.54, 1.807) is 24.6 Å². The smallest absolute Gasteiger partial charge is 0.252 e. The molecule has 20 heavy (non-hydrogen) atoms. The molecule has 0 radical (unpaired) electrons. The predicted octanol–water partition coefficient (Wildman–Crippen LogP) is 2.89. The summed E-state index contributed by atoms with van der Waals surface area (Å²) in [7, 11) is -1.80. The van der Waals surface area contributed by atoms with Crippen molar-refractivity contribution in [3.8, 4) is 5.75 Å². The number of ether oxygens (including phenoxy) is 1. The van der Waals surface area contributed by atoms with Crippen molar-refractivity contribution >= 4 is 21.4 Å². The molecule has 0 fully saturated rings. The molecule has 3 rings (SSSR count). The summed E-state index contributed by atoms with van der Waals surface area (Å²) >= 11 is 1.24. The van der Waals surface area contributed by atoms with Gasteiger partial charge in [-0.15, -0.1) is 11.3 Å². The van der Waals surface area contributed by atoms with Crippen LogP contribution in [0.15, 0.2) is 46.0 Å². The standard InChI is InChI=1S/C14H15NO3S2/c1-15(20(16,17)14-7-4-10-19-14)12-8-9-18-13-6-3-2-5-11(12)13/h2-7,10,12H,8-9H2,1H3. The lowest BCUT2D eigenvalue weighted by Crippen LogP contribution is -2.34. The largest absolute Gasteiger partial charge is 0.493 e. The van der Waals surface area contributed by atoms with Gasteiger partial charge >= 0.3 is 0 Å². The quantitative estimate of drug-likeness (QED) is 0.876. The average Bonchev–Trinajstić information content (AvgIpc) is 3.01. The number of hydrogen-bond donors (Lipinski definition) is 0. The van der Waals surface area contributed by atoms with Crippen LogP contribution in [0.1, 0.15) is 18.0 Å². The van der Waals surface area contributed by atoms with Gasteiger partial charge in [0.1, 0.15) is 9.96 Å². The van der Waals surface area contributed by atoms with Gasteiger partial charge in [-0.25, -0.2) is 8.42 Å². The highest BCUT2D eigenvalue weighted by Crippen LogP contribution is 2.37. The molecule has 0 bridgehead atoms. The van der Waals surface area contributed by atoms with E-state index in [9.17, 15) is 8.42 Å². The lowest BCUT2D eigenvalue weighted by atomic mass is 10.0. The Morgan fingerprint density at radius 1 is 1.25 bits per heavy atom. The fourth-order valence-electron chi connectivity index (χ4n) is 2.42. The second-order valence-corrected chi connectivity index (χ2v) is 7.82. The lowest BCUT2D eigenvalue weighted by Gasteiger charge is -2.32. The molecule has 106 valence electrons. The predicted molar refractivity (Wildman–Crippen MR) is 78.6 cm³/mol. The van der Waals surface area contributed by atoms with Crippen LogP contribution in [0.2, 0.25) is 0 Å². The van der Waals surface area contributed by atoms with Gasteiger partial charge in [-0.05, 0) is 17.5 Å². The van der Waals surface area contributed by atoms with Crippen molar-refractivity contribution in [3.05, 3.63) is 47.3 Å². The number of sulfonamides is 1. The zero-order valence-electron chi connectivity index (χ0n) is 11.0. The van der Waals surface area contributed by atoms with Crippen LogP contribution in [0.5, 0.6) is 5.75 Å². The van der Waals surface area contributed by atoms with Crippen molar-refractivity contribution in [1.82, 2.24) is 4.31 Å². The van der Waals surface area contributed by atoms with Crippen molar-refractivity contribution < 1.29 is 13.2 Å². The molecule has 0 N–H and O–H groups in total. The van der Waals surface area contributed by atoms with Gasteiger partial charge in [0, 0.05) is 19.0 Å². The third-order valence-electron chi connectivity index (χ3n) is 3.49. The number of nitrogens with zero attached hydrogens (tertiary/aromatic N) is 1. The van der Waals surface area contributed by atoms with Crippen molar-refractivity contribution in [3.63, 3.8) is 0 Å². The van der Waals surface area contributed by atoms with E-state index in [-0.39, 0.29) is 6.04 Å². The lowest BCUT2D eigenvalue weighted by molar-refractivity contribution is 0.221. The fourth-order valence-corrected chi connectivity index (χ4v) is 4.96. The molecule has 1 aliphatic heterocycles. The fraction of sp³-hybridized carbons (Fsp3) is 0.286. The topological polar surface area (TPSA) is 46.6 Å². The van der Waals surface area contributed by atoms with E-state index in [4.69, 9.17) is 4.74 Å². The van der Waals surface area contributed by atoms with E-state index >= 15 is 0 Å². The molecule has 0 amide bonds. The maximum Gasteiger partial charge on any atom is 0.252 e. The van der Waals surface area contributed by atoms with Gasteiger partial charge in [0.05, 0.1) is 12.6 Å². The number of para-hydroxylation sites is 1. The summed E-state index contributed by atoms with van der Waals surface area (Å²) in [5.74, 6) is 0.775. The third-order valence-corrected chi connectivity index (χ3v) is 6.73. The second kappa shape index (κ2) is 5.20. The second-order valence-electron chi connectivity index (χ2n) is 4.64. The van der Waals surface area contributed by atoms with Crippen molar-refractivity contribution in [1.29, 1.82) is 0 Å². The molecule has 2 heterocycles. The molecule has 6 heteroatoms. The number of rotatable bonds is 3. The number of benzene rings is 1. The molecule has 0 saturated carbocycles. The molecule has 1 aliphatic rings. The first kappa shape index (κ1) is 13.6. The van der Waals surface area contributed by atoms with Crippen LogP contribution in [-0.2, 0) is 10.0 Å². The summed E-state index contributed by atoms with van der Waals surface area (Å²) in [6, 6.07) is 10.8. The molecular weight excluding hydrogens is 294 g/mol. The summed E-state index contributed by atoms with van der Waals surface area (Å²) in [5.41, 5.74) is 0.932. The molecule has 0 spiro atoms. The minimum atomic E-state index is -3.44. The van der Waals surface area contributed by atoms with Crippen molar-refractivity contribution in [2.45, 2.75) is 16.7 Å². The Labute approximate surface area is 122 Å². The molecule has 1 aromatic carbocycles. The van der Waals surface area contributed by atoms with Crippen LogP contribution in [0, 0.1) is 0 Å². The van der Waals surface area contributed by atoms with Crippen LogP contribution < -0.4 is 4.74 Å². The highest BCUT2D eigenvalue weighted by molar-refractivity contribution is 7.91. The van der Waals surface area contributed by atoms with Gasteiger partial charge in [-0.2, -0.15) is 4.31 Å². The van der Waals surface area contributed by atoms with E-state index in [0.717, 1.165) is 11.3 Å². The van der Waals surface area contributed by atoms with E-state index in [2.05, 4.69) is 0 Å². The van der Waals surface area contributed by atoms with E-state index in [0.29, 0.717) is 17.2 Å². The monoisotopic (exact) mass is 309 g/mol. The number of thiophene rings is 1. The van der Waals surface area contributed by atoms with E-state index < -0.39 is 10.0 Å². The minimum Gasteiger partial charge on any atom is -0.493 e. The van der Waals surface area contributed by atoms with E-state index in [1.165, 1.54) is 15.6 Å². The summed E-state index contributed by atoms with van der Waals surface area (Å²) in [6.45, 7) is 0.534. The van der Waals surface area contributed by atoms with E-state index in [1.807, 2.05) is 24.3 Å². The highest BCUT2D eigenvalue weighted by Gasteiger charge is 2.33. The zero-order chi connectivity index (χ0) is 14.2. The van der Waals surface area contributed by atoms with Crippen LogP contribution in [0.25, 0.3) is 0 Å². The number of hydrogen-bond acceptors (Lipinski definition) is 4. The first-order chi connectivity index (χ1) is 9.60. The Bertz CT molecular complexity index is 695.